The van der Waals surface area contributed by atoms with Gasteiger partial charge in [0, 0.05) is 58.5 Å². The monoisotopic (exact) mass is 438 g/mol. The third-order valence-corrected chi connectivity index (χ3v) is 7.22. The summed E-state index contributed by atoms with van der Waals surface area (Å²) >= 11 is 0. The van der Waals surface area contributed by atoms with Crippen molar-refractivity contribution in [2.75, 3.05) is 69.6 Å². The quantitative estimate of drug-likeness (QED) is 0.580. The summed E-state index contributed by atoms with van der Waals surface area (Å²) in [5.74, 6) is 0.00937. The number of rotatable bonds is 8. The molecule has 3 rings (SSSR count). The molecule has 9 nitrogen and oxygen atoms in total. The number of carbonyl (C=O) groups excluding carboxylic acids is 2. The Hall–Kier alpha value is -2.17. The summed E-state index contributed by atoms with van der Waals surface area (Å²) in [6, 6.07) is 6.82. The van der Waals surface area contributed by atoms with Crippen molar-refractivity contribution in [1.82, 2.24) is 15.1 Å². The van der Waals surface area contributed by atoms with E-state index in [1.165, 1.54) is 4.31 Å². The largest absolute Gasteiger partial charge is 0.385 e. The fourth-order valence-corrected chi connectivity index (χ4v) is 5.27. The Morgan fingerprint density at radius 3 is 2.57 bits per heavy atom. The number of carbonyl (C=O) groups is 2. The molecule has 1 N–H and O–H groups in total. The van der Waals surface area contributed by atoms with Gasteiger partial charge < -0.3 is 15.0 Å². The molecule has 0 spiro atoms. The van der Waals surface area contributed by atoms with Crippen LogP contribution in [0.3, 0.4) is 0 Å². The zero-order valence-electron chi connectivity index (χ0n) is 17.4. The highest BCUT2D eigenvalue weighted by molar-refractivity contribution is 7.93. The molecule has 1 aromatic carbocycles. The molecule has 2 amide bonds. The van der Waals surface area contributed by atoms with Crippen LogP contribution in [0.2, 0.25) is 0 Å². The van der Waals surface area contributed by atoms with Gasteiger partial charge in [0.05, 0.1) is 18.0 Å². The molecule has 10 heteroatoms. The SMILES string of the molecule is COCCCNC(=O)CN1CCN(C(=O)c2cccc(N3CCCS3(=O)=O)c2)CC1. The lowest BCUT2D eigenvalue weighted by Crippen LogP contribution is -2.51. The van der Waals surface area contributed by atoms with E-state index in [-0.39, 0.29) is 17.6 Å². The fourth-order valence-electron chi connectivity index (χ4n) is 3.72. The molecule has 0 aromatic heterocycles. The summed E-state index contributed by atoms with van der Waals surface area (Å²) in [6.07, 6.45) is 1.38. The standard InChI is InChI=1S/C20H30N4O5S/c1-29-13-3-7-21-19(25)16-22-9-11-23(12-10-22)20(26)17-5-2-6-18(15-17)24-8-4-14-30(24,27)28/h2,5-6,15H,3-4,7-14,16H2,1H3,(H,21,25). The highest BCUT2D eigenvalue weighted by Crippen LogP contribution is 2.25. The van der Waals surface area contributed by atoms with Crippen LogP contribution in [-0.2, 0) is 19.6 Å². The zero-order valence-corrected chi connectivity index (χ0v) is 18.2. The molecule has 166 valence electrons. The molecular formula is C20H30N4O5S. The first-order valence-electron chi connectivity index (χ1n) is 10.3. The Kier molecular flexibility index (Phi) is 7.68. The molecule has 2 saturated heterocycles. The molecule has 0 unspecified atom stereocenters. The predicted molar refractivity (Wildman–Crippen MR) is 114 cm³/mol. The molecule has 2 heterocycles. The maximum absolute atomic E-state index is 12.9. The van der Waals surface area contributed by atoms with Crippen molar-refractivity contribution >= 4 is 27.5 Å². The van der Waals surface area contributed by atoms with Gasteiger partial charge in [0.15, 0.2) is 0 Å². The van der Waals surface area contributed by atoms with Gasteiger partial charge in [-0.15, -0.1) is 0 Å². The zero-order chi connectivity index (χ0) is 21.6. The first kappa shape index (κ1) is 22.5. The molecular weight excluding hydrogens is 408 g/mol. The number of ether oxygens (including phenoxy) is 1. The van der Waals surface area contributed by atoms with Crippen molar-refractivity contribution < 1.29 is 22.7 Å². The summed E-state index contributed by atoms with van der Waals surface area (Å²) in [5.41, 5.74) is 1.03. The Morgan fingerprint density at radius 1 is 1.13 bits per heavy atom. The van der Waals surface area contributed by atoms with E-state index in [1.807, 2.05) is 4.90 Å². The van der Waals surface area contributed by atoms with Crippen LogP contribution in [0.25, 0.3) is 0 Å². The van der Waals surface area contributed by atoms with Gasteiger partial charge in [-0.25, -0.2) is 8.42 Å². The molecule has 0 atom stereocenters. The summed E-state index contributed by atoms with van der Waals surface area (Å²) in [6.45, 7) is 4.28. The molecule has 0 saturated carbocycles. The van der Waals surface area contributed by atoms with E-state index in [1.54, 1.807) is 36.3 Å². The van der Waals surface area contributed by atoms with Crippen molar-refractivity contribution in [2.24, 2.45) is 0 Å². The molecule has 2 fully saturated rings. The van der Waals surface area contributed by atoms with Crippen LogP contribution < -0.4 is 9.62 Å². The van der Waals surface area contributed by atoms with Crippen LogP contribution in [0, 0.1) is 0 Å². The van der Waals surface area contributed by atoms with Gasteiger partial charge >= 0.3 is 0 Å². The summed E-state index contributed by atoms with van der Waals surface area (Å²) in [5, 5.41) is 2.87. The third kappa shape index (κ3) is 5.71. The summed E-state index contributed by atoms with van der Waals surface area (Å²) in [4.78, 5) is 28.7. The molecule has 30 heavy (non-hydrogen) atoms. The Balaban J connectivity index is 1.51. The van der Waals surface area contributed by atoms with Crippen LogP contribution in [0.4, 0.5) is 5.69 Å². The maximum atomic E-state index is 12.9. The van der Waals surface area contributed by atoms with Crippen molar-refractivity contribution in [3.63, 3.8) is 0 Å². The van der Waals surface area contributed by atoms with E-state index in [4.69, 9.17) is 4.74 Å². The van der Waals surface area contributed by atoms with Crippen molar-refractivity contribution in [1.29, 1.82) is 0 Å². The van der Waals surface area contributed by atoms with Crippen molar-refractivity contribution in [2.45, 2.75) is 12.8 Å². The van der Waals surface area contributed by atoms with Crippen LogP contribution >= 0.6 is 0 Å². The van der Waals surface area contributed by atoms with E-state index < -0.39 is 10.0 Å². The van der Waals surface area contributed by atoms with Gasteiger partial charge in [-0.1, -0.05) is 6.07 Å². The Morgan fingerprint density at radius 2 is 1.90 bits per heavy atom. The van der Waals surface area contributed by atoms with Gasteiger partial charge in [-0.05, 0) is 31.0 Å². The van der Waals surface area contributed by atoms with E-state index in [0.717, 1.165) is 6.42 Å². The second-order valence-corrected chi connectivity index (χ2v) is 9.57. The second kappa shape index (κ2) is 10.2. The topological polar surface area (TPSA) is 99.3 Å². The smallest absolute Gasteiger partial charge is 0.254 e. The van der Waals surface area contributed by atoms with Gasteiger partial charge in [0.1, 0.15) is 0 Å². The van der Waals surface area contributed by atoms with Crippen molar-refractivity contribution in [3.05, 3.63) is 29.8 Å². The van der Waals surface area contributed by atoms with Gasteiger partial charge in [0.2, 0.25) is 15.9 Å². The number of methoxy groups -OCH3 is 1. The fraction of sp³-hybridized carbons (Fsp3) is 0.600. The average molecular weight is 439 g/mol. The summed E-state index contributed by atoms with van der Waals surface area (Å²) < 4.78 is 30.6. The number of benzene rings is 1. The first-order chi connectivity index (χ1) is 14.4. The number of anilines is 1. The minimum absolute atomic E-state index is 0.0228. The molecule has 0 bridgehead atoms. The number of hydrogen-bond acceptors (Lipinski definition) is 6. The minimum Gasteiger partial charge on any atom is -0.385 e. The molecule has 0 radical (unpaired) electrons. The number of nitrogens with zero attached hydrogens (tertiary/aromatic N) is 3. The molecule has 1 aromatic rings. The average Bonchev–Trinajstić information content (AvgIpc) is 3.10. The Bertz CT molecular complexity index is 853. The third-order valence-electron chi connectivity index (χ3n) is 5.35. The van der Waals surface area contributed by atoms with Crippen molar-refractivity contribution in [3.8, 4) is 0 Å². The molecule has 2 aliphatic rings. The molecule has 2 aliphatic heterocycles. The maximum Gasteiger partial charge on any atom is 0.254 e. The van der Waals surface area contributed by atoms with Gasteiger partial charge in [-0.2, -0.15) is 0 Å². The molecule has 0 aliphatic carbocycles. The number of hydrogen-bond donors (Lipinski definition) is 1. The van der Waals surface area contributed by atoms with Gasteiger partial charge in [-0.3, -0.25) is 18.8 Å². The van der Waals surface area contributed by atoms with Gasteiger partial charge in [0.25, 0.3) is 5.91 Å². The van der Waals surface area contributed by atoms with E-state index >= 15 is 0 Å². The van der Waals surface area contributed by atoms with E-state index in [2.05, 4.69) is 5.32 Å². The Labute approximate surface area is 178 Å². The lowest BCUT2D eigenvalue weighted by Gasteiger charge is -2.34. The van der Waals surface area contributed by atoms with Crippen LogP contribution in [0.15, 0.2) is 24.3 Å². The number of sulfonamides is 1. The minimum atomic E-state index is -3.28. The second-order valence-electron chi connectivity index (χ2n) is 7.56. The van der Waals surface area contributed by atoms with Crippen LogP contribution in [0.1, 0.15) is 23.2 Å². The lowest BCUT2D eigenvalue weighted by molar-refractivity contribution is -0.122. The summed E-state index contributed by atoms with van der Waals surface area (Å²) in [7, 11) is -1.65. The highest BCUT2D eigenvalue weighted by atomic mass is 32.2. The first-order valence-corrected chi connectivity index (χ1v) is 11.9. The number of piperazine rings is 1. The number of nitrogens with one attached hydrogen (secondary N) is 1. The predicted octanol–water partition coefficient (Wildman–Crippen LogP) is 0.137. The van der Waals surface area contributed by atoms with Crippen LogP contribution in [0.5, 0.6) is 0 Å². The normalized spacial score (nSPS) is 19.1. The van der Waals surface area contributed by atoms with Crippen LogP contribution in [-0.4, -0.2) is 95.3 Å². The highest BCUT2D eigenvalue weighted by Gasteiger charge is 2.29. The number of amides is 2. The van der Waals surface area contributed by atoms with E-state index in [9.17, 15) is 18.0 Å². The van der Waals surface area contributed by atoms with E-state index in [0.29, 0.717) is 70.1 Å². The lowest BCUT2D eigenvalue weighted by atomic mass is 10.1.